The first kappa shape index (κ1) is 18.2. The molecule has 0 saturated carbocycles. The molecule has 1 amide bonds. The Morgan fingerprint density at radius 3 is 2.50 bits per heavy atom. The summed E-state index contributed by atoms with van der Waals surface area (Å²) in [6.07, 6.45) is 2.90. The number of amides is 1. The Morgan fingerprint density at radius 1 is 1.04 bits per heavy atom. The molecular formula is C24H25N3O. The molecule has 1 aliphatic rings. The van der Waals surface area contributed by atoms with E-state index in [1.54, 1.807) is 6.20 Å². The first-order valence-electron chi connectivity index (χ1n) is 9.77. The van der Waals surface area contributed by atoms with Crippen LogP contribution in [0.4, 0.5) is 5.69 Å². The van der Waals surface area contributed by atoms with Gasteiger partial charge in [-0.3, -0.25) is 9.78 Å². The molecule has 1 fully saturated rings. The monoisotopic (exact) mass is 371 g/mol. The summed E-state index contributed by atoms with van der Waals surface area (Å²) in [4.78, 5) is 21.5. The van der Waals surface area contributed by atoms with Crippen LogP contribution in [0, 0.1) is 5.92 Å². The van der Waals surface area contributed by atoms with Crippen LogP contribution in [0.15, 0.2) is 79.0 Å². The van der Waals surface area contributed by atoms with E-state index in [4.69, 9.17) is 0 Å². The van der Waals surface area contributed by atoms with Crippen molar-refractivity contribution in [2.24, 2.45) is 5.92 Å². The number of pyridine rings is 1. The average Bonchev–Trinajstić information content (AvgIpc) is 3.23. The van der Waals surface area contributed by atoms with Gasteiger partial charge in [0.2, 0.25) is 0 Å². The van der Waals surface area contributed by atoms with Gasteiger partial charge in [-0.25, -0.2) is 0 Å². The maximum atomic E-state index is 12.8. The molecule has 1 aliphatic heterocycles. The lowest BCUT2D eigenvalue weighted by Crippen LogP contribution is -2.33. The molecule has 28 heavy (non-hydrogen) atoms. The van der Waals surface area contributed by atoms with E-state index >= 15 is 0 Å². The van der Waals surface area contributed by atoms with Crippen molar-refractivity contribution in [2.75, 3.05) is 31.6 Å². The van der Waals surface area contributed by atoms with Gasteiger partial charge < -0.3 is 9.80 Å². The van der Waals surface area contributed by atoms with Crippen LogP contribution >= 0.6 is 0 Å². The van der Waals surface area contributed by atoms with Gasteiger partial charge in [-0.2, -0.15) is 0 Å². The third-order valence-electron chi connectivity index (χ3n) is 5.38. The predicted octanol–water partition coefficient (Wildman–Crippen LogP) is 4.35. The molecule has 0 radical (unpaired) electrons. The highest BCUT2D eigenvalue weighted by atomic mass is 16.2. The Bertz CT molecular complexity index is 910. The van der Waals surface area contributed by atoms with Crippen molar-refractivity contribution in [2.45, 2.75) is 6.42 Å². The van der Waals surface area contributed by atoms with E-state index in [-0.39, 0.29) is 5.91 Å². The number of aromatic nitrogens is 1. The predicted molar refractivity (Wildman–Crippen MR) is 113 cm³/mol. The number of hydrogen-bond acceptors (Lipinski definition) is 3. The first-order valence-corrected chi connectivity index (χ1v) is 9.77. The molecule has 2 aromatic carbocycles. The van der Waals surface area contributed by atoms with Crippen molar-refractivity contribution in [3.05, 3.63) is 84.6 Å². The van der Waals surface area contributed by atoms with Gasteiger partial charge in [0.05, 0.1) is 5.69 Å². The average molecular weight is 371 g/mol. The van der Waals surface area contributed by atoms with E-state index in [2.05, 4.69) is 34.1 Å². The fraction of sp³-hybridized carbons (Fsp3) is 0.250. The zero-order valence-electron chi connectivity index (χ0n) is 16.2. The number of carbonyl (C=O) groups excluding carboxylic acids is 1. The van der Waals surface area contributed by atoms with Crippen LogP contribution in [0.25, 0.3) is 11.3 Å². The maximum Gasteiger partial charge on any atom is 0.253 e. The van der Waals surface area contributed by atoms with Crippen LogP contribution in [0.3, 0.4) is 0 Å². The molecule has 0 bridgehead atoms. The smallest absolute Gasteiger partial charge is 0.253 e. The minimum Gasteiger partial charge on any atom is -0.371 e. The lowest BCUT2D eigenvalue weighted by atomic mass is 10.1. The molecule has 0 N–H and O–H groups in total. The molecule has 142 valence electrons. The highest BCUT2D eigenvalue weighted by Crippen LogP contribution is 2.24. The molecule has 1 atom stereocenters. The number of anilines is 1. The van der Waals surface area contributed by atoms with Crippen molar-refractivity contribution >= 4 is 11.6 Å². The quantitative estimate of drug-likeness (QED) is 0.669. The molecule has 4 rings (SSSR count). The summed E-state index contributed by atoms with van der Waals surface area (Å²) in [6, 6.07) is 24.1. The van der Waals surface area contributed by atoms with E-state index in [1.807, 2.05) is 60.5 Å². The third kappa shape index (κ3) is 4.06. The Kier molecular flexibility index (Phi) is 5.38. The Labute approximate surface area is 166 Å². The van der Waals surface area contributed by atoms with Gasteiger partial charge in [0.25, 0.3) is 5.91 Å². The second-order valence-corrected chi connectivity index (χ2v) is 7.41. The van der Waals surface area contributed by atoms with Crippen LogP contribution in [-0.4, -0.2) is 42.5 Å². The summed E-state index contributed by atoms with van der Waals surface area (Å²) < 4.78 is 0. The molecule has 1 unspecified atom stereocenters. The van der Waals surface area contributed by atoms with Crippen LogP contribution in [0.5, 0.6) is 0 Å². The van der Waals surface area contributed by atoms with Gasteiger partial charge in [0.15, 0.2) is 0 Å². The molecular weight excluding hydrogens is 346 g/mol. The van der Waals surface area contributed by atoms with Gasteiger partial charge in [0, 0.05) is 49.7 Å². The van der Waals surface area contributed by atoms with E-state index in [0.29, 0.717) is 5.92 Å². The molecule has 4 heteroatoms. The minimum atomic E-state index is 0.0748. The Balaban J connectivity index is 1.36. The van der Waals surface area contributed by atoms with Gasteiger partial charge >= 0.3 is 0 Å². The first-order chi connectivity index (χ1) is 13.7. The van der Waals surface area contributed by atoms with E-state index in [0.717, 1.165) is 42.9 Å². The lowest BCUT2D eigenvalue weighted by Gasteiger charge is -2.23. The Hall–Kier alpha value is -3.14. The van der Waals surface area contributed by atoms with Crippen molar-refractivity contribution in [3.63, 3.8) is 0 Å². The second-order valence-electron chi connectivity index (χ2n) is 7.41. The van der Waals surface area contributed by atoms with Crippen molar-refractivity contribution in [1.29, 1.82) is 0 Å². The standard InChI is InChI=1S/C24H25N3O/c1-26(17-19-14-16-27(18-19)22-7-3-2-4-8-22)24(28)21-12-10-20(11-13-21)23-9-5-6-15-25-23/h2-13,15,19H,14,16-18H2,1H3. The number of nitrogens with zero attached hydrogens (tertiary/aromatic N) is 3. The van der Waals surface area contributed by atoms with E-state index < -0.39 is 0 Å². The van der Waals surface area contributed by atoms with Crippen molar-refractivity contribution in [3.8, 4) is 11.3 Å². The summed E-state index contributed by atoms with van der Waals surface area (Å²) in [5, 5.41) is 0. The summed E-state index contributed by atoms with van der Waals surface area (Å²) in [5.74, 6) is 0.577. The highest BCUT2D eigenvalue weighted by Gasteiger charge is 2.25. The number of benzene rings is 2. The minimum absolute atomic E-state index is 0.0748. The Morgan fingerprint density at radius 2 is 1.79 bits per heavy atom. The highest BCUT2D eigenvalue weighted by molar-refractivity contribution is 5.94. The van der Waals surface area contributed by atoms with Gasteiger partial charge in [0.1, 0.15) is 0 Å². The number of carbonyl (C=O) groups is 1. The summed E-state index contributed by atoms with van der Waals surface area (Å²) in [7, 11) is 1.90. The zero-order valence-corrected chi connectivity index (χ0v) is 16.2. The lowest BCUT2D eigenvalue weighted by molar-refractivity contribution is 0.0776. The van der Waals surface area contributed by atoms with Crippen LogP contribution in [-0.2, 0) is 0 Å². The van der Waals surface area contributed by atoms with Crippen LogP contribution < -0.4 is 4.90 Å². The maximum absolute atomic E-state index is 12.8. The zero-order chi connectivity index (χ0) is 19.3. The summed E-state index contributed by atoms with van der Waals surface area (Å²) >= 11 is 0. The van der Waals surface area contributed by atoms with E-state index in [1.165, 1.54) is 5.69 Å². The molecule has 0 spiro atoms. The molecule has 1 saturated heterocycles. The number of hydrogen-bond donors (Lipinski definition) is 0. The molecule has 2 heterocycles. The van der Waals surface area contributed by atoms with Gasteiger partial charge in [-0.1, -0.05) is 36.4 Å². The van der Waals surface area contributed by atoms with Gasteiger partial charge in [-0.15, -0.1) is 0 Å². The fourth-order valence-electron chi connectivity index (χ4n) is 3.86. The number of para-hydroxylation sites is 1. The fourth-order valence-corrected chi connectivity index (χ4v) is 3.86. The summed E-state index contributed by atoms with van der Waals surface area (Å²) in [6.45, 7) is 2.83. The summed E-state index contributed by atoms with van der Waals surface area (Å²) in [5.41, 5.74) is 3.93. The van der Waals surface area contributed by atoms with Crippen LogP contribution in [0.2, 0.25) is 0 Å². The topological polar surface area (TPSA) is 36.4 Å². The molecule has 1 aromatic heterocycles. The van der Waals surface area contributed by atoms with Crippen molar-refractivity contribution in [1.82, 2.24) is 9.88 Å². The molecule has 3 aromatic rings. The SMILES string of the molecule is CN(CC1CCN(c2ccccc2)C1)C(=O)c1ccc(-c2ccccn2)cc1. The van der Waals surface area contributed by atoms with E-state index in [9.17, 15) is 4.79 Å². The third-order valence-corrected chi connectivity index (χ3v) is 5.38. The second kappa shape index (κ2) is 8.26. The van der Waals surface area contributed by atoms with Crippen molar-refractivity contribution < 1.29 is 4.79 Å². The molecule has 4 nitrogen and oxygen atoms in total. The molecule has 0 aliphatic carbocycles. The number of rotatable bonds is 5. The van der Waals surface area contributed by atoms with Gasteiger partial charge in [-0.05, 0) is 48.7 Å². The largest absolute Gasteiger partial charge is 0.371 e. The normalized spacial score (nSPS) is 16.2. The van der Waals surface area contributed by atoms with Crippen LogP contribution in [0.1, 0.15) is 16.8 Å².